The lowest BCUT2D eigenvalue weighted by atomic mass is 10.1. The van der Waals surface area contributed by atoms with Crippen LogP contribution in [0.3, 0.4) is 0 Å². The molecule has 0 bridgehead atoms. The Morgan fingerprint density at radius 3 is 2.55 bits per heavy atom. The predicted octanol–water partition coefficient (Wildman–Crippen LogP) is 2.07. The number of ether oxygens (including phenoxy) is 2. The van der Waals surface area contributed by atoms with Crippen molar-refractivity contribution in [1.29, 1.82) is 0 Å². The maximum Gasteiger partial charge on any atom is 0.274 e. The van der Waals surface area contributed by atoms with Crippen LogP contribution in [0.2, 0.25) is 0 Å². The summed E-state index contributed by atoms with van der Waals surface area (Å²) in [4.78, 5) is 22.1. The Kier molecular flexibility index (Phi) is 4.93. The molecule has 0 unspecified atom stereocenters. The average Bonchev–Trinajstić information content (AvgIpc) is 2.55. The molecule has 1 aromatic heterocycles. The van der Waals surface area contributed by atoms with Crippen LogP contribution in [0, 0.1) is 6.92 Å². The second-order valence-corrected chi connectivity index (χ2v) is 4.88. The van der Waals surface area contributed by atoms with E-state index in [1.165, 1.54) is 6.20 Å². The van der Waals surface area contributed by atoms with E-state index in [4.69, 9.17) is 9.47 Å². The van der Waals surface area contributed by atoms with Crippen molar-refractivity contribution in [3.05, 3.63) is 47.5 Å². The van der Waals surface area contributed by atoms with Crippen LogP contribution in [0.15, 0.2) is 30.6 Å². The summed E-state index contributed by atoms with van der Waals surface area (Å²) in [5.74, 6) is 1.19. The van der Waals surface area contributed by atoms with Gasteiger partial charge in [0.2, 0.25) is 0 Å². The van der Waals surface area contributed by atoms with Gasteiger partial charge >= 0.3 is 0 Å². The molecular formula is C16H19N3O3. The van der Waals surface area contributed by atoms with E-state index < -0.39 is 0 Å². The van der Waals surface area contributed by atoms with Crippen LogP contribution in [0.1, 0.15) is 21.7 Å². The molecule has 2 rings (SSSR count). The van der Waals surface area contributed by atoms with Crippen molar-refractivity contribution < 1.29 is 14.3 Å². The van der Waals surface area contributed by atoms with Gasteiger partial charge in [0.1, 0.15) is 17.2 Å². The van der Waals surface area contributed by atoms with E-state index in [0.717, 1.165) is 11.3 Å². The van der Waals surface area contributed by atoms with Gasteiger partial charge in [0.25, 0.3) is 5.91 Å². The molecule has 0 saturated heterocycles. The van der Waals surface area contributed by atoms with Gasteiger partial charge < -0.3 is 14.4 Å². The number of aryl methyl sites for hydroxylation is 1. The number of amides is 1. The van der Waals surface area contributed by atoms with Crippen molar-refractivity contribution in [3.8, 4) is 11.5 Å². The van der Waals surface area contributed by atoms with Gasteiger partial charge in [0, 0.05) is 31.4 Å². The summed E-state index contributed by atoms with van der Waals surface area (Å²) in [5.41, 5.74) is 1.98. The molecule has 0 aliphatic heterocycles. The smallest absolute Gasteiger partial charge is 0.274 e. The highest BCUT2D eigenvalue weighted by Crippen LogP contribution is 2.25. The Morgan fingerprint density at radius 2 is 1.95 bits per heavy atom. The summed E-state index contributed by atoms with van der Waals surface area (Å²) in [5, 5.41) is 0. The van der Waals surface area contributed by atoms with Gasteiger partial charge in [-0.3, -0.25) is 9.78 Å². The Morgan fingerprint density at radius 1 is 1.18 bits per heavy atom. The molecule has 0 fully saturated rings. The zero-order chi connectivity index (χ0) is 16.1. The second kappa shape index (κ2) is 6.89. The molecule has 22 heavy (non-hydrogen) atoms. The van der Waals surface area contributed by atoms with Crippen LogP contribution in [-0.4, -0.2) is 42.0 Å². The molecule has 0 spiro atoms. The second-order valence-electron chi connectivity index (χ2n) is 4.88. The number of carbonyl (C=O) groups is 1. The molecule has 0 saturated carbocycles. The van der Waals surface area contributed by atoms with Gasteiger partial charge in [-0.1, -0.05) is 0 Å². The quantitative estimate of drug-likeness (QED) is 0.846. The maximum atomic E-state index is 12.3. The van der Waals surface area contributed by atoms with Gasteiger partial charge in [-0.15, -0.1) is 0 Å². The van der Waals surface area contributed by atoms with Gasteiger partial charge in [-0.05, 0) is 19.1 Å². The molecule has 1 heterocycles. The lowest BCUT2D eigenvalue weighted by molar-refractivity contribution is 0.0778. The van der Waals surface area contributed by atoms with Crippen LogP contribution < -0.4 is 9.47 Å². The molecule has 0 atom stereocenters. The Bertz CT molecular complexity index is 656. The topological polar surface area (TPSA) is 64.5 Å². The van der Waals surface area contributed by atoms with Crippen LogP contribution in [0.25, 0.3) is 0 Å². The number of benzene rings is 1. The molecule has 6 nitrogen and oxygen atoms in total. The highest BCUT2D eigenvalue weighted by atomic mass is 16.5. The van der Waals surface area contributed by atoms with Crippen molar-refractivity contribution >= 4 is 5.91 Å². The SMILES string of the molecule is COc1ccc(CN(C)C(=O)c2cnc(C)cn2)c(OC)c1. The first-order valence-corrected chi connectivity index (χ1v) is 6.80. The molecule has 0 radical (unpaired) electrons. The number of methoxy groups -OCH3 is 2. The summed E-state index contributed by atoms with van der Waals surface area (Å²) in [7, 11) is 4.90. The lowest BCUT2D eigenvalue weighted by Gasteiger charge is -2.18. The average molecular weight is 301 g/mol. The van der Waals surface area contributed by atoms with Crippen molar-refractivity contribution in [3.63, 3.8) is 0 Å². The van der Waals surface area contributed by atoms with Crippen LogP contribution in [-0.2, 0) is 6.54 Å². The highest BCUT2D eigenvalue weighted by molar-refractivity contribution is 5.91. The number of carbonyl (C=O) groups excluding carboxylic acids is 1. The summed E-state index contributed by atoms with van der Waals surface area (Å²) < 4.78 is 10.5. The monoisotopic (exact) mass is 301 g/mol. The summed E-state index contributed by atoms with van der Waals surface area (Å²) in [6.45, 7) is 2.23. The van der Waals surface area contributed by atoms with E-state index in [1.807, 2.05) is 19.1 Å². The third-order valence-electron chi connectivity index (χ3n) is 3.25. The van der Waals surface area contributed by atoms with Crippen molar-refractivity contribution in [2.75, 3.05) is 21.3 Å². The fourth-order valence-corrected chi connectivity index (χ4v) is 2.01. The van der Waals surface area contributed by atoms with Crippen LogP contribution in [0.4, 0.5) is 0 Å². The largest absolute Gasteiger partial charge is 0.497 e. The first kappa shape index (κ1) is 15.8. The minimum absolute atomic E-state index is 0.189. The van der Waals surface area contributed by atoms with E-state index in [-0.39, 0.29) is 5.91 Å². The third-order valence-corrected chi connectivity index (χ3v) is 3.25. The predicted molar refractivity (Wildman–Crippen MR) is 82.1 cm³/mol. The minimum Gasteiger partial charge on any atom is -0.497 e. The summed E-state index contributed by atoms with van der Waals surface area (Å²) in [6, 6.07) is 5.50. The fourth-order valence-electron chi connectivity index (χ4n) is 2.01. The molecule has 0 N–H and O–H groups in total. The summed E-state index contributed by atoms with van der Waals surface area (Å²) >= 11 is 0. The number of aromatic nitrogens is 2. The van der Waals surface area contributed by atoms with E-state index in [0.29, 0.717) is 23.7 Å². The molecule has 1 amide bonds. The Balaban J connectivity index is 2.16. The highest BCUT2D eigenvalue weighted by Gasteiger charge is 2.16. The molecular weight excluding hydrogens is 282 g/mol. The Labute approximate surface area is 129 Å². The first-order valence-electron chi connectivity index (χ1n) is 6.80. The van der Waals surface area contributed by atoms with Crippen molar-refractivity contribution in [1.82, 2.24) is 14.9 Å². The maximum absolute atomic E-state index is 12.3. The molecule has 0 aliphatic rings. The summed E-state index contributed by atoms with van der Waals surface area (Å²) in [6.07, 6.45) is 3.06. The lowest BCUT2D eigenvalue weighted by Crippen LogP contribution is -2.27. The number of rotatable bonds is 5. The van der Waals surface area contributed by atoms with Crippen molar-refractivity contribution in [2.24, 2.45) is 0 Å². The zero-order valence-electron chi connectivity index (χ0n) is 13.2. The molecule has 6 heteroatoms. The molecule has 2 aromatic rings. The minimum atomic E-state index is -0.189. The van der Waals surface area contributed by atoms with Gasteiger partial charge in [-0.25, -0.2) is 4.98 Å². The van der Waals surface area contributed by atoms with E-state index in [2.05, 4.69) is 9.97 Å². The van der Waals surface area contributed by atoms with Gasteiger partial charge in [0.05, 0.1) is 26.1 Å². The number of hydrogen-bond donors (Lipinski definition) is 0. The Hall–Kier alpha value is -2.63. The molecule has 0 aliphatic carbocycles. The first-order chi connectivity index (χ1) is 10.5. The van der Waals surface area contributed by atoms with Crippen molar-refractivity contribution in [2.45, 2.75) is 13.5 Å². The third kappa shape index (κ3) is 3.52. The van der Waals surface area contributed by atoms with Crippen LogP contribution in [0.5, 0.6) is 11.5 Å². The fraction of sp³-hybridized carbons (Fsp3) is 0.312. The molecule has 116 valence electrons. The zero-order valence-corrected chi connectivity index (χ0v) is 13.2. The van der Waals surface area contributed by atoms with Gasteiger partial charge in [0.15, 0.2) is 0 Å². The van der Waals surface area contributed by atoms with E-state index in [1.54, 1.807) is 38.4 Å². The normalized spacial score (nSPS) is 10.2. The van der Waals surface area contributed by atoms with Crippen LogP contribution >= 0.6 is 0 Å². The van der Waals surface area contributed by atoms with E-state index >= 15 is 0 Å². The standard InChI is InChI=1S/C16H19N3O3/c1-11-8-18-14(9-17-11)16(20)19(2)10-12-5-6-13(21-3)7-15(12)22-4/h5-9H,10H2,1-4H3. The number of nitrogens with zero attached hydrogens (tertiary/aromatic N) is 3. The molecule has 1 aromatic carbocycles. The number of hydrogen-bond acceptors (Lipinski definition) is 5. The van der Waals surface area contributed by atoms with Gasteiger partial charge in [-0.2, -0.15) is 0 Å². The van der Waals surface area contributed by atoms with E-state index in [9.17, 15) is 4.79 Å².